The normalized spacial score (nSPS) is 11.5. The average molecular weight is 424 g/mol. The number of nitrogens with zero attached hydrogens (tertiary/aromatic N) is 2. The molecule has 0 saturated heterocycles. The third kappa shape index (κ3) is 3.75. The number of ether oxygens (including phenoxy) is 2. The lowest BCUT2D eigenvalue weighted by molar-refractivity contribution is -0.148. The molecular weight excluding hydrogens is 413 g/mol. The van der Waals surface area contributed by atoms with E-state index >= 15 is 0 Å². The summed E-state index contributed by atoms with van der Waals surface area (Å²) >= 11 is 8.72. The van der Waals surface area contributed by atoms with Gasteiger partial charge in [0.2, 0.25) is 0 Å². The standard InChI is InChI=1S/C15H11BrClF3N2O2/c1-23-8-24-7-22-13(9-2-4-10(17)5-3-9)11(6-21)12(16)14(22)15(18,19)20/h2-5H,7-8H2,1H3. The minimum absolute atomic E-state index is 0.0875. The summed E-state index contributed by atoms with van der Waals surface area (Å²) in [6, 6.07) is 7.96. The van der Waals surface area contributed by atoms with Crippen molar-refractivity contribution >= 4 is 27.5 Å². The summed E-state index contributed by atoms with van der Waals surface area (Å²) in [4.78, 5) is 0. The molecule has 0 saturated carbocycles. The summed E-state index contributed by atoms with van der Waals surface area (Å²) in [7, 11) is 1.36. The zero-order chi connectivity index (χ0) is 17.9. The molecule has 0 aliphatic carbocycles. The predicted molar refractivity (Wildman–Crippen MR) is 85.3 cm³/mol. The Balaban J connectivity index is 2.70. The Kier molecular flexibility index (Phi) is 5.93. The molecule has 1 aromatic carbocycles. The maximum atomic E-state index is 13.5. The first-order valence-electron chi connectivity index (χ1n) is 6.53. The molecule has 0 N–H and O–H groups in total. The maximum absolute atomic E-state index is 13.5. The van der Waals surface area contributed by atoms with E-state index in [1.165, 1.54) is 31.4 Å². The van der Waals surface area contributed by atoms with Gasteiger partial charge in [-0.3, -0.25) is 0 Å². The summed E-state index contributed by atoms with van der Waals surface area (Å²) in [6.45, 7) is -0.615. The highest BCUT2D eigenvalue weighted by Crippen LogP contribution is 2.43. The molecule has 0 unspecified atom stereocenters. The molecular formula is C15H11BrClF3N2O2. The maximum Gasteiger partial charge on any atom is 0.432 e. The van der Waals surface area contributed by atoms with Crippen molar-refractivity contribution in [1.29, 1.82) is 5.26 Å². The lowest BCUT2D eigenvalue weighted by atomic mass is 10.1. The Bertz CT molecular complexity index is 767. The molecule has 128 valence electrons. The Morgan fingerprint density at radius 2 is 1.92 bits per heavy atom. The third-order valence-electron chi connectivity index (χ3n) is 3.12. The van der Waals surface area contributed by atoms with E-state index in [0.29, 0.717) is 10.6 Å². The Labute approximate surface area is 149 Å². The van der Waals surface area contributed by atoms with Crippen LogP contribution in [0.3, 0.4) is 0 Å². The van der Waals surface area contributed by atoms with Crippen molar-refractivity contribution in [2.75, 3.05) is 13.9 Å². The van der Waals surface area contributed by atoms with Gasteiger partial charge in [-0.1, -0.05) is 23.7 Å². The third-order valence-corrected chi connectivity index (χ3v) is 4.15. The number of rotatable bonds is 5. The highest BCUT2D eigenvalue weighted by molar-refractivity contribution is 9.10. The van der Waals surface area contributed by atoms with Crippen LogP contribution in [0, 0.1) is 11.3 Å². The van der Waals surface area contributed by atoms with Crippen LogP contribution in [0.1, 0.15) is 11.3 Å². The molecule has 9 heteroatoms. The van der Waals surface area contributed by atoms with Crippen molar-refractivity contribution in [3.63, 3.8) is 0 Å². The number of halogens is 5. The van der Waals surface area contributed by atoms with Gasteiger partial charge in [-0.2, -0.15) is 18.4 Å². The quantitative estimate of drug-likeness (QED) is 0.500. The van der Waals surface area contributed by atoms with Gasteiger partial charge in [0.15, 0.2) is 0 Å². The number of hydrogen-bond donors (Lipinski definition) is 0. The van der Waals surface area contributed by atoms with Gasteiger partial charge in [-0.05, 0) is 33.6 Å². The average Bonchev–Trinajstić information content (AvgIpc) is 2.80. The monoisotopic (exact) mass is 422 g/mol. The second-order valence-corrected chi connectivity index (χ2v) is 5.90. The first-order valence-corrected chi connectivity index (χ1v) is 7.70. The van der Waals surface area contributed by atoms with E-state index < -0.39 is 18.6 Å². The van der Waals surface area contributed by atoms with Gasteiger partial charge in [0.25, 0.3) is 0 Å². The van der Waals surface area contributed by atoms with E-state index in [-0.39, 0.29) is 22.5 Å². The molecule has 0 atom stereocenters. The fourth-order valence-electron chi connectivity index (χ4n) is 2.22. The van der Waals surface area contributed by atoms with Crippen LogP contribution < -0.4 is 0 Å². The van der Waals surface area contributed by atoms with Crippen LogP contribution in [0.25, 0.3) is 11.3 Å². The largest absolute Gasteiger partial charge is 0.432 e. The highest BCUT2D eigenvalue weighted by atomic mass is 79.9. The lowest BCUT2D eigenvalue weighted by Gasteiger charge is -2.16. The van der Waals surface area contributed by atoms with E-state index in [2.05, 4.69) is 15.9 Å². The second kappa shape index (κ2) is 7.57. The smallest absolute Gasteiger partial charge is 0.359 e. The Morgan fingerprint density at radius 1 is 1.29 bits per heavy atom. The number of alkyl halides is 3. The summed E-state index contributed by atoms with van der Waals surface area (Å²) < 4.78 is 50.7. The number of aromatic nitrogens is 1. The molecule has 0 aliphatic rings. The predicted octanol–water partition coefficient (Wildman–Crippen LogP) is 5.04. The van der Waals surface area contributed by atoms with E-state index in [1.807, 2.05) is 6.07 Å². The topological polar surface area (TPSA) is 47.2 Å². The first kappa shape index (κ1) is 18.8. The molecule has 0 fully saturated rings. The van der Waals surface area contributed by atoms with Crippen LogP contribution in [-0.4, -0.2) is 18.5 Å². The number of benzene rings is 1. The Hall–Kier alpha value is -1.53. The van der Waals surface area contributed by atoms with Gasteiger partial charge in [0.1, 0.15) is 25.3 Å². The van der Waals surface area contributed by atoms with E-state index in [9.17, 15) is 18.4 Å². The SMILES string of the molecule is COCOCn1c(-c2ccc(Cl)cc2)c(C#N)c(Br)c1C(F)(F)F. The van der Waals surface area contributed by atoms with Gasteiger partial charge >= 0.3 is 6.18 Å². The minimum Gasteiger partial charge on any atom is -0.359 e. The molecule has 0 radical (unpaired) electrons. The van der Waals surface area contributed by atoms with Crippen molar-refractivity contribution in [3.8, 4) is 17.3 Å². The molecule has 4 nitrogen and oxygen atoms in total. The fraction of sp³-hybridized carbons (Fsp3) is 0.267. The molecule has 2 aromatic rings. The lowest BCUT2D eigenvalue weighted by Crippen LogP contribution is -2.17. The van der Waals surface area contributed by atoms with Gasteiger partial charge < -0.3 is 14.0 Å². The van der Waals surface area contributed by atoms with Crippen molar-refractivity contribution in [2.24, 2.45) is 0 Å². The fourth-order valence-corrected chi connectivity index (χ4v) is 3.06. The first-order chi connectivity index (χ1) is 11.3. The van der Waals surface area contributed by atoms with E-state index in [4.69, 9.17) is 21.1 Å². The van der Waals surface area contributed by atoms with Crippen LogP contribution in [-0.2, 0) is 22.4 Å². The van der Waals surface area contributed by atoms with Crippen LogP contribution in [0.2, 0.25) is 5.02 Å². The molecule has 0 spiro atoms. The zero-order valence-electron chi connectivity index (χ0n) is 12.3. The number of methoxy groups -OCH3 is 1. The van der Waals surface area contributed by atoms with Crippen LogP contribution in [0.4, 0.5) is 13.2 Å². The summed E-state index contributed by atoms with van der Waals surface area (Å²) in [5, 5.41) is 9.77. The van der Waals surface area contributed by atoms with Gasteiger partial charge in [-0.15, -0.1) is 0 Å². The van der Waals surface area contributed by atoms with Crippen LogP contribution in [0.5, 0.6) is 0 Å². The van der Waals surface area contributed by atoms with Crippen LogP contribution in [0.15, 0.2) is 28.7 Å². The Morgan fingerprint density at radius 3 is 2.42 bits per heavy atom. The second-order valence-electron chi connectivity index (χ2n) is 4.67. The number of nitriles is 1. The molecule has 0 aliphatic heterocycles. The molecule has 24 heavy (non-hydrogen) atoms. The van der Waals surface area contributed by atoms with Crippen molar-refractivity contribution in [3.05, 3.63) is 45.0 Å². The summed E-state index contributed by atoms with van der Waals surface area (Å²) in [6.07, 6.45) is -4.68. The number of hydrogen-bond acceptors (Lipinski definition) is 3. The van der Waals surface area contributed by atoms with Crippen molar-refractivity contribution in [1.82, 2.24) is 4.57 Å². The molecule has 1 heterocycles. The van der Waals surface area contributed by atoms with Crippen molar-refractivity contribution in [2.45, 2.75) is 12.9 Å². The highest BCUT2D eigenvalue weighted by Gasteiger charge is 2.40. The molecule has 0 amide bonds. The van der Waals surface area contributed by atoms with E-state index in [1.54, 1.807) is 0 Å². The van der Waals surface area contributed by atoms with Gasteiger partial charge in [0.05, 0.1) is 15.7 Å². The van der Waals surface area contributed by atoms with E-state index in [0.717, 1.165) is 4.57 Å². The molecule has 0 bridgehead atoms. The molecule has 1 aromatic heterocycles. The van der Waals surface area contributed by atoms with Gasteiger partial charge in [0, 0.05) is 12.1 Å². The summed E-state index contributed by atoms with van der Waals surface area (Å²) in [5.41, 5.74) is -0.636. The van der Waals surface area contributed by atoms with Crippen LogP contribution >= 0.6 is 27.5 Å². The van der Waals surface area contributed by atoms with Crippen molar-refractivity contribution < 1.29 is 22.6 Å². The van der Waals surface area contributed by atoms with Gasteiger partial charge in [-0.25, -0.2) is 0 Å². The molecule has 2 rings (SSSR count). The zero-order valence-corrected chi connectivity index (χ0v) is 14.7. The minimum atomic E-state index is -4.68. The summed E-state index contributed by atoms with van der Waals surface area (Å²) in [5.74, 6) is 0.